The van der Waals surface area contributed by atoms with Gasteiger partial charge in [0, 0.05) is 17.1 Å². The maximum atomic E-state index is 12.5. The van der Waals surface area contributed by atoms with Gasteiger partial charge in [-0.3, -0.25) is 0 Å². The summed E-state index contributed by atoms with van der Waals surface area (Å²) in [6, 6.07) is 11.6. The van der Waals surface area contributed by atoms with E-state index < -0.39 is 10.1 Å². The third kappa shape index (κ3) is 3.43. The Hall–Kier alpha value is -2.80. The van der Waals surface area contributed by atoms with Crippen molar-refractivity contribution in [2.75, 3.05) is 14.2 Å². The van der Waals surface area contributed by atoms with Crippen LogP contribution >= 0.6 is 0 Å². The van der Waals surface area contributed by atoms with Crippen molar-refractivity contribution in [2.45, 2.75) is 18.7 Å². The first kappa shape index (κ1) is 18.0. The van der Waals surface area contributed by atoms with Gasteiger partial charge in [0.15, 0.2) is 11.5 Å². The number of pyridine rings is 1. The maximum Gasteiger partial charge on any atom is 0.340 e. The SMILES string of the molecule is COc1cc2cc(OS(=O)(=O)c3ccc(C)cc3)nc(C)c2cc1OC. The molecule has 136 valence electrons. The molecule has 0 fully saturated rings. The lowest BCUT2D eigenvalue weighted by Gasteiger charge is -2.12. The fourth-order valence-electron chi connectivity index (χ4n) is 2.63. The molecule has 3 rings (SSSR count). The molecule has 0 amide bonds. The Balaban J connectivity index is 2.04. The zero-order valence-corrected chi connectivity index (χ0v) is 15.8. The van der Waals surface area contributed by atoms with Crippen molar-refractivity contribution in [1.82, 2.24) is 4.98 Å². The van der Waals surface area contributed by atoms with Crippen molar-refractivity contribution in [3.05, 3.63) is 53.7 Å². The molecule has 7 heteroatoms. The van der Waals surface area contributed by atoms with Gasteiger partial charge >= 0.3 is 10.1 Å². The molecule has 0 N–H and O–H groups in total. The van der Waals surface area contributed by atoms with Gasteiger partial charge in [0.25, 0.3) is 0 Å². The standard InChI is InChI=1S/C19H19NO5S/c1-12-5-7-15(8-6-12)26(21,22)25-19-10-14-9-17(23-3)18(24-4)11-16(14)13(2)20-19/h5-11H,1-4H3. The first-order chi connectivity index (χ1) is 12.3. The van der Waals surface area contributed by atoms with E-state index in [-0.39, 0.29) is 10.8 Å². The van der Waals surface area contributed by atoms with Crippen molar-refractivity contribution in [2.24, 2.45) is 0 Å². The maximum absolute atomic E-state index is 12.5. The highest BCUT2D eigenvalue weighted by atomic mass is 32.2. The summed E-state index contributed by atoms with van der Waals surface area (Å²) in [4.78, 5) is 4.34. The summed E-state index contributed by atoms with van der Waals surface area (Å²) in [5, 5.41) is 1.56. The number of aryl methyl sites for hydroxylation is 2. The summed E-state index contributed by atoms with van der Waals surface area (Å²) in [5.74, 6) is 1.12. The Labute approximate surface area is 152 Å². The molecule has 0 saturated heterocycles. The third-order valence-electron chi connectivity index (χ3n) is 4.01. The first-order valence-corrected chi connectivity index (χ1v) is 9.29. The van der Waals surface area contributed by atoms with Crippen molar-refractivity contribution in [1.29, 1.82) is 0 Å². The molecule has 0 aliphatic carbocycles. The molecular weight excluding hydrogens is 354 g/mol. The summed E-state index contributed by atoms with van der Waals surface area (Å²) in [6.07, 6.45) is 0. The molecule has 26 heavy (non-hydrogen) atoms. The van der Waals surface area contributed by atoms with E-state index in [0.717, 1.165) is 16.3 Å². The average molecular weight is 373 g/mol. The Morgan fingerprint density at radius 2 is 1.50 bits per heavy atom. The van der Waals surface area contributed by atoms with Gasteiger partial charge in [0.1, 0.15) is 4.90 Å². The lowest BCUT2D eigenvalue weighted by molar-refractivity contribution is 0.356. The van der Waals surface area contributed by atoms with Crippen LogP contribution in [0, 0.1) is 13.8 Å². The van der Waals surface area contributed by atoms with Crippen LogP contribution in [0.5, 0.6) is 17.4 Å². The first-order valence-electron chi connectivity index (χ1n) is 7.88. The van der Waals surface area contributed by atoms with Crippen LogP contribution in [0.2, 0.25) is 0 Å². The van der Waals surface area contributed by atoms with Crippen LogP contribution in [0.1, 0.15) is 11.3 Å². The molecule has 0 atom stereocenters. The fourth-order valence-corrected chi connectivity index (χ4v) is 3.50. The second-order valence-electron chi connectivity index (χ2n) is 5.82. The van der Waals surface area contributed by atoms with E-state index in [1.165, 1.54) is 19.2 Å². The number of fused-ring (bicyclic) bond motifs is 1. The minimum Gasteiger partial charge on any atom is -0.493 e. The zero-order chi connectivity index (χ0) is 18.9. The van der Waals surface area contributed by atoms with E-state index in [4.69, 9.17) is 13.7 Å². The quantitative estimate of drug-likeness (QED) is 0.636. The van der Waals surface area contributed by atoms with Crippen LogP contribution < -0.4 is 13.7 Å². The lowest BCUT2D eigenvalue weighted by Crippen LogP contribution is -2.11. The summed E-state index contributed by atoms with van der Waals surface area (Å²) in [7, 11) is -0.870. The van der Waals surface area contributed by atoms with E-state index in [0.29, 0.717) is 17.2 Å². The highest BCUT2D eigenvalue weighted by Gasteiger charge is 2.18. The largest absolute Gasteiger partial charge is 0.493 e. The highest BCUT2D eigenvalue weighted by Crippen LogP contribution is 2.34. The van der Waals surface area contributed by atoms with Gasteiger partial charge < -0.3 is 13.7 Å². The molecule has 0 radical (unpaired) electrons. The molecule has 0 bridgehead atoms. The lowest BCUT2D eigenvalue weighted by atomic mass is 10.1. The van der Waals surface area contributed by atoms with Gasteiger partial charge in [0.05, 0.1) is 14.2 Å². The Morgan fingerprint density at radius 3 is 2.12 bits per heavy atom. The molecule has 0 unspecified atom stereocenters. The smallest absolute Gasteiger partial charge is 0.340 e. The number of rotatable bonds is 5. The third-order valence-corrected chi connectivity index (χ3v) is 5.25. The minimum absolute atomic E-state index is 0.00259. The predicted octanol–water partition coefficient (Wildman–Crippen LogP) is 3.64. The topological polar surface area (TPSA) is 74.7 Å². The van der Waals surface area contributed by atoms with Crippen LogP contribution in [-0.4, -0.2) is 27.6 Å². The molecule has 1 aromatic heterocycles. The van der Waals surface area contributed by atoms with Crippen LogP contribution in [0.15, 0.2) is 47.4 Å². The second kappa shape index (κ2) is 6.84. The molecular formula is C19H19NO5S. The van der Waals surface area contributed by atoms with Crippen molar-refractivity contribution in [3.8, 4) is 17.4 Å². The van der Waals surface area contributed by atoms with Crippen molar-refractivity contribution >= 4 is 20.9 Å². The molecule has 3 aromatic rings. The van der Waals surface area contributed by atoms with Crippen molar-refractivity contribution in [3.63, 3.8) is 0 Å². The Bertz CT molecular complexity index is 1060. The van der Waals surface area contributed by atoms with Gasteiger partial charge in [0.2, 0.25) is 5.88 Å². The molecule has 0 aliphatic rings. The van der Waals surface area contributed by atoms with Crippen LogP contribution in [-0.2, 0) is 10.1 Å². The van der Waals surface area contributed by atoms with E-state index in [9.17, 15) is 8.42 Å². The second-order valence-corrected chi connectivity index (χ2v) is 7.37. The number of aromatic nitrogens is 1. The predicted molar refractivity (Wildman–Crippen MR) is 98.6 cm³/mol. The highest BCUT2D eigenvalue weighted by molar-refractivity contribution is 7.87. The number of methoxy groups -OCH3 is 2. The summed E-state index contributed by atoms with van der Waals surface area (Å²) in [6.45, 7) is 3.66. The van der Waals surface area contributed by atoms with E-state index in [1.807, 2.05) is 6.92 Å². The molecule has 1 heterocycles. The summed E-state index contributed by atoms with van der Waals surface area (Å²) < 4.78 is 40.8. The normalized spacial score (nSPS) is 11.4. The van der Waals surface area contributed by atoms with Crippen LogP contribution in [0.3, 0.4) is 0 Å². The monoisotopic (exact) mass is 373 g/mol. The van der Waals surface area contributed by atoms with Gasteiger partial charge in [-0.05, 0) is 43.5 Å². The number of hydrogen-bond acceptors (Lipinski definition) is 6. The number of nitrogens with zero attached hydrogens (tertiary/aromatic N) is 1. The number of ether oxygens (including phenoxy) is 2. The Kier molecular flexibility index (Phi) is 4.73. The molecule has 2 aromatic carbocycles. The van der Waals surface area contributed by atoms with Crippen molar-refractivity contribution < 1.29 is 22.1 Å². The Morgan fingerprint density at radius 1 is 0.885 bits per heavy atom. The fraction of sp³-hybridized carbons (Fsp3) is 0.211. The van der Waals surface area contributed by atoms with Gasteiger partial charge in [-0.15, -0.1) is 0 Å². The summed E-state index contributed by atoms with van der Waals surface area (Å²) >= 11 is 0. The van der Waals surface area contributed by atoms with Crippen LogP contribution in [0.4, 0.5) is 0 Å². The number of benzene rings is 2. The van der Waals surface area contributed by atoms with E-state index in [2.05, 4.69) is 4.98 Å². The minimum atomic E-state index is -3.96. The van der Waals surface area contributed by atoms with E-state index in [1.54, 1.807) is 44.4 Å². The molecule has 6 nitrogen and oxygen atoms in total. The van der Waals surface area contributed by atoms with Gasteiger partial charge in [-0.2, -0.15) is 8.42 Å². The average Bonchev–Trinajstić information content (AvgIpc) is 2.60. The number of hydrogen-bond donors (Lipinski definition) is 0. The summed E-state index contributed by atoms with van der Waals surface area (Å²) in [5.41, 5.74) is 1.59. The molecule has 0 aliphatic heterocycles. The molecule has 0 saturated carbocycles. The van der Waals surface area contributed by atoms with E-state index >= 15 is 0 Å². The zero-order valence-electron chi connectivity index (χ0n) is 14.9. The molecule has 0 spiro atoms. The van der Waals surface area contributed by atoms with Gasteiger partial charge in [-0.1, -0.05) is 17.7 Å². The van der Waals surface area contributed by atoms with Crippen LogP contribution in [0.25, 0.3) is 10.8 Å². The van der Waals surface area contributed by atoms with Gasteiger partial charge in [-0.25, -0.2) is 4.98 Å².